The zero-order valence-electron chi connectivity index (χ0n) is 13.4. The molecule has 1 atom stereocenters. The van der Waals surface area contributed by atoms with Crippen LogP contribution in [0.15, 0.2) is 0 Å². The summed E-state index contributed by atoms with van der Waals surface area (Å²) in [6.45, 7) is 3.17. The normalized spacial score (nSPS) is 21.2. The van der Waals surface area contributed by atoms with Crippen LogP contribution in [0.3, 0.4) is 0 Å². The Kier molecular flexibility index (Phi) is 4.24. The van der Waals surface area contributed by atoms with Crippen molar-refractivity contribution in [2.45, 2.75) is 33.4 Å². The minimum atomic E-state index is -4.96. The maximum atomic E-state index is 13.2. The van der Waals surface area contributed by atoms with E-state index in [1.807, 2.05) is 0 Å². The molecule has 0 aliphatic carbocycles. The summed E-state index contributed by atoms with van der Waals surface area (Å²) in [5.74, 6) is -3.00. The molecular weight excluding hydrogens is 329 g/mol. The minimum Gasteiger partial charge on any atom is -0.481 e. The van der Waals surface area contributed by atoms with Gasteiger partial charge in [0.25, 0.3) is 5.91 Å². The number of hydrogen-bond donors (Lipinski definition) is 2. The highest BCUT2D eigenvalue weighted by Gasteiger charge is 2.64. The Labute approximate surface area is 135 Å². The van der Waals surface area contributed by atoms with E-state index in [-0.39, 0.29) is 18.0 Å². The van der Waals surface area contributed by atoms with Gasteiger partial charge < -0.3 is 15.0 Å². The molecule has 9 heteroatoms. The third kappa shape index (κ3) is 2.57. The second kappa shape index (κ2) is 5.64. The van der Waals surface area contributed by atoms with Gasteiger partial charge in [0.2, 0.25) is 0 Å². The van der Waals surface area contributed by atoms with Crippen LogP contribution in [-0.4, -0.2) is 51.9 Å². The first-order chi connectivity index (χ1) is 10.9. The van der Waals surface area contributed by atoms with Crippen molar-refractivity contribution in [3.05, 3.63) is 22.5 Å². The predicted molar refractivity (Wildman–Crippen MR) is 76.9 cm³/mol. The molecule has 1 aliphatic heterocycles. The van der Waals surface area contributed by atoms with Crippen LogP contribution in [0.1, 0.15) is 45.4 Å². The van der Waals surface area contributed by atoms with Gasteiger partial charge >= 0.3 is 12.1 Å². The van der Waals surface area contributed by atoms with E-state index in [1.54, 1.807) is 6.92 Å². The van der Waals surface area contributed by atoms with Crippen LogP contribution in [0.5, 0.6) is 0 Å². The highest BCUT2D eigenvalue weighted by Crippen LogP contribution is 2.46. The summed E-state index contributed by atoms with van der Waals surface area (Å²) in [5, 5.41) is 9.03. The van der Waals surface area contributed by atoms with Crippen LogP contribution in [0.25, 0.3) is 0 Å². The number of H-pyrrole nitrogens is 1. The summed E-state index contributed by atoms with van der Waals surface area (Å²) in [6.07, 6.45) is -5.66. The zero-order chi connectivity index (χ0) is 18.4. The van der Waals surface area contributed by atoms with Crippen molar-refractivity contribution in [3.63, 3.8) is 0 Å². The van der Waals surface area contributed by atoms with Crippen LogP contribution in [0.2, 0.25) is 0 Å². The maximum Gasteiger partial charge on any atom is 0.406 e. The maximum absolute atomic E-state index is 13.2. The van der Waals surface area contributed by atoms with Gasteiger partial charge in [0.05, 0.1) is 0 Å². The number of carbonyl (C=O) groups is 3. The number of nitrogens with one attached hydrogen (secondary N) is 1. The molecule has 0 saturated carbocycles. The Morgan fingerprint density at radius 1 is 1.25 bits per heavy atom. The lowest BCUT2D eigenvalue weighted by molar-refractivity contribution is -0.227. The molecule has 1 aromatic rings. The van der Waals surface area contributed by atoms with Gasteiger partial charge in [-0.2, -0.15) is 13.2 Å². The number of likely N-dealkylation sites (tertiary alicyclic amines) is 1. The van der Waals surface area contributed by atoms with E-state index in [2.05, 4.69) is 4.98 Å². The standard InChI is InChI=1S/C15H17F3N2O4/c1-7-10(9(3)21)8(2)19-11(7)12(22)20-5-4-14(6-20,13(23)24)15(16,17)18/h19H,4-6H2,1-3H3,(H,23,24). The fourth-order valence-electron chi connectivity index (χ4n) is 3.16. The Hall–Kier alpha value is -2.32. The largest absolute Gasteiger partial charge is 0.481 e. The fourth-order valence-corrected chi connectivity index (χ4v) is 3.16. The molecule has 0 aromatic carbocycles. The van der Waals surface area contributed by atoms with Crippen LogP contribution >= 0.6 is 0 Å². The Morgan fingerprint density at radius 3 is 2.21 bits per heavy atom. The minimum absolute atomic E-state index is 0.0149. The number of aliphatic carboxylic acids is 1. The number of aromatic nitrogens is 1. The molecule has 6 nitrogen and oxygen atoms in total. The quantitative estimate of drug-likeness (QED) is 0.822. The summed E-state index contributed by atoms with van der Waals surface area (Å²) in [6, 6.07) is 0. The van der Waals surface area contributed by atoms with Gasteiger partial charge in [0, 0.05) is 24.3 Å². The van der Waals surface area contributed by atoms with Crippen LogP contribution in [0.4, 0.5) is 13.2 Å². The smallest absolute Gasteiger partial charge is 0.406 e. The first kappa shape index (κ1) is 18.0. The molecule has 0 bridgehead atoms. The highest BCUT2D eigenvalue weighted by molar-refractivity contribution is 6.02. The lowest BCUT2D eigenvalue weighted by Crippen LogP contribution is -2.47. The fraction of sp³-hybridized carbons (Fsp3) is 0.533. The van der Waals surface area contributed by atoms with Gasteiger partial charge in [-0.3, -0.25) is 14.4 Å². The van der Waals surface area contributed by atoms with E-state index in [1.165, 1.54) is 13.8 Å². The first-order valence-corrected chi connectivity index (χ1v) is 7.22. The number of nitrogens with zero attached hydrogens (tertiary/aromatic N) is 1. The molecule has 1 amide bonds. The number of alkyl halides is 3. The number of carboxylic acids is 1. The van der Waals surface area contributed by atoms with Gasteiger partial charge in [-0.1, -0.05) is 0 Å². The molecule has 0 spiro atoms. The topological polar surface area (TPSA) is 90.5 Å². The first-order valence-electron chi connectivity index (χ1n) is 7.22. The number of rotatable bonds is 3. The van der Waals surface area contributed by atoms with Crippen molar-refractivity contribution >= 4 is 17.7 Å². The van der Waals surface area contributed by atoms with E-state index in [4.69, 9.17) is 5.11 Å². The van der Waals surface area contributed by atoms with E-state index >= 15 is 0 Å². The summed E-state index contributed by atoms with van der Waals surface area (Å²) >= 11 is 0. The van der Waals surface area contributed by atoms with Gasteiger partial charge in [-0.25, -0.2) is 0 Å². The molecule has 1 unspecified atom stereocenters. The number of aromatic amines is 1. The van der Waals surface area contributed by atoms with Crippen molar-refractivity contribution in [1.82, 2.24) is 9.88 Å². The molecule has 1 saturated heterocycles. The average molecular weight is 346 g/mol. The molecule has 0 radical (unpaired) electrons. The number of ketones is 1. The van der Waals surface area contributed by atoms with Gasteiger partial charge in [0.1, 0.15) is 5.69 Å². The second-order valence-electron chi connectivity index (χ2n) is 6.04. The average Bonchev–Trinajstić information content (AvgIpc) is 3.00. The van der Waals surface area contributed by atoms with Crippen LogP contribution < -0.4 is 0 Å². The van der Waals surface area contributed by atoms with Crippen LogP contribution in [-0.2, 0) is 4.79 Å². The molecule has 1 aromatic heterocycles. The molecule has 1 fully saturated rings. The van der Waals surface area contributed by atoms with Crippen molar-refractivity contribution in [2.75, 3.05) is 13.1 Å². The number of aryl methyl sites for hydroxylation is 1. The molecule has 2 heterocycles. The second-order valence-corrected chi connectivity index (χ2v) is 6.04. The number of Topliss-reactive ketones (excluding diaryl/α,β-unsaturated/α-hetero) is 1. The van der Waals surface area contributed by atoms with E-state index < -0.39 is 36.4 Å². The molecule has 132 valence electrons. The summed E-state index contributed by atoms with van der Waals surface area (Å²) in [5.41, 5.74) is -1.83. The summed E-state index contributed by atoms with van der Waals surface area (Å²) in [4.78, 5) is 38.9. The van der Waals surface area contributed by atoms with Gasteiger partial charge in [0.15, 0.2) is 11.2 Å². The third-order valence-electron chi connectivity index (χ3n) is 4.51. The summed E-state index contributed by atoms with van der Waals surface area (Å²) in [7, 11) is 0. The number of carboxylic acid groups (broad SMARTS) is 1. The number of amides is 1. The molecule has 2 N–H and O–H groups in total. The van der Waals surface area contributed by atoms with Crippen molar-refractivity contribution in [3.8, 4) is 0 Å². The monoisotopic (exact) mass is 346 g/mol. The predicted octanol–water partition coefficient (Wildman–Crippen LogP) is 2.31. The van der Waals surface area contributed by atoms with Gasteiger partial charge in [-0.15, -0.1) is 0 Å². The van der Waals surface area contributed by atoms with Crippen LogP contribution in [0, 0.1) is 19.3 Å². The number of carbonyl (C=O) groups excluding carboxylic acids is 2. The van der Waals surface area contributed by atoms with E-state index in [0.29, 0.717) is 16.8 Å². The Morgan fingerprint density at radius 2 is 1.83 bits per heavy atom. The number of halogens is 3. The van der Waals surface area contributed by atoms with Crippen molar-refractivity contribution in [1.29, 1.82) is 0 Å². The zero-order valence-corrected chi connectivity index (χ0v) is 13.4. The lowest BCUT2D eigenvalue weighted by atomic mass is 9.86. The molecule has 2 rings (SSSR count). The van der Waals surface area contributed by atoms with E-state index in [0.717, 1.165) is 4.90 Å². The third-order valence-corrected chi connectivity index (χ3v) is 4.51. The van der Waals surface area contributed by atoms with Crippen molar-refractivity contribution in [2.24, 2.45) is 5.41 Å². The van der Waals surface area contributed by atoms with Gasteiger partial charge in [-0.05, 0) is 32.8 Å². The van der Waals surface area contributed by atoms with Crippen molar-refractivity contribution < 1.29 is 32.7 Å². The summed E-state index contributed by atoms with van der Waals surface area (Å²) < 4.78 is 39.6. The number of hydrogen-bond acceptors (Lipinski definition) is 3. The Balaban J connectivity index is 2.35. The highest BCUT2D eigenvalue weighted by atomic mass is 19.4. The Bertz CT molecular complexity index is 723. The molecular formula is C15H17F3N2O4. The molecule has 1 aliphatic rings. The van der Waals surface area contributed by atoms with E-state index in [9.17, 15) is 27.6 Å². The SMILES string of the molecule is CC(=O)c1c(C)[nH]c(C(=O)N2CCC(C(=O)O)(C(F)(F)F)C2)c1C. The lowest BCUT2D eigenvalue weighted by Gasteiger charge is -2.27. The molecule has 24 heavy (non-hydrogen) atoms.